The van der Waals surface area contributed by atoms with E-state index >= 15 is 0 Å². The van der Waals surface area contributed by atoms with Crippen molar-refractivity contribution in [3.63, 3.8) is 0 Å². The molecular formula is C20H44NO2+. The molecule has 0 aliphatic heterocycles. The summed E-state index contributed by atoms with van der Waals surface area (Å²) in [6, 6.07) is 0. The van der Waals surface area contributed by atoms with E-state index < -0.39 is 6.23 Å². The van der Waals surface area contributed by atoms with Crippen LogP contribution in [0.5, 0.6) is 0 Å². The number of quaternary nitrogens is 1. The number of aliphatic hydroxyl groups excluding tert-OH is 1. The van der Waals surface area contributed by atoms with Gasteiger partial charge in [-0.05, 0) is 13.3 Å². The summed E-state index contributed by atoms with van der Waals surface area (Å²) in [6.45, 7) is 4.73. The highest BCUT2D eigenvalue weighted by Crippen LogP contribution is 2.15. The molecule has 0 bridgehead atoms. The van der Waals surface area contributed by atoms with Crippen LogP contribution in [0.4, 0.5) is 0 Å². The van der Waals surface area contributed by atoms with Crippen molar-refractivity contribution < 1.29 is 15.0 Å². The van der Waals surface area contributed by atoms with Crippen LogP contribution in [0.2, 0.25) is 0 Å². The maximum Gasteiger partial charge on any atom is 0.220 e. The lowest BCUT2D eigenvalue weighted by Gasteiger charge is -2.29. The molecule has 0 aromatic carbocycles. The van der Waals surface area contributed by atoms with E-state index in [9.17, 15) is 10.3 Å². The molecule has 0 saturated heterocycles. The van der Waals surface area contributed by atoms with E-state index in [0.29, 0.717) is 13.0 Å². The number of hydrogen-bond acceptors (Lipinski definition) is 2. The van der Waals surface area contributed by atoms with Gasteiger partial charge in [0.1, 0.15) is 13.6 Å². The molecule has 0 aromatic heterocycles. The first-order chi connectivity index (χ1) is 11.0. The van der Waals surface area contributed by atoms with Crippen molar-refractivity contribution >= 4 is 0 Å². The molecule has 0 aliphatic carbocycles. The first-order valence-corrected chi connectivity index (χ1v) is 10.3. The van der Waals surface area contributed by atoms with Crippen molar-refractivity contribution in [3.05, 3.63) is 0 Å². The zero-order valence-electron chi connectivity index (χ0n) is 16.2. The summed E-state index contributed by atoms with van der Waals surface area (Å²) in [5, 5.41) is 19.8. The number of hydroxylamine groups is 3. The van der Waals surface area contributed by atoms with Crippen LogP contribution in [-0.2, 0) is 0 Å². The Morgan fingerprint density at radius 3 is 1.35 bits per heavy atom. The third kappa shape index (κ3) is 14.0. The van der Waals surface area contributed by atoms with Crippen molar-refractivity contribution in [2.45, 2.75) is 116 Å². The van der Waals surface area contributed by atoms with E-state index in [0.717, 1.165) is 6.42 Å². The molecule has 23 heavy (non-hydrogen) atoms. The summed E-state index contributed by atoms with van der Waals surface area (Å²) in [5.74, 6) is 0. The summed E-state index contributed by atoms with van der Waals surface area (Å²) in [5.41, 5.74) is 0. The Balaban J connectivity index is 3.19. The van der Waals surface area contributed by atoms with Crippen molar-refractivity contribution in [3.8, 4) is 0 Å². The molecule has 0 radical (unpaired) electrons. The summed E-state index contributed by atoms with van der Waals surface area (Å²) >= 11 is 0. The van der Waals surface area contributed by atoms with Gasteiger partial charge in [0, 0.05) is 6.42 Å². The zero-order valence-corrected chi connectivity index (χ0v) is 16.2. The van der Waals surface area contributed by atoms with E-state index in [4.69, 9.17) is 0 Å². The van der Waals surface area contributed by atoms with Gasteiger partial charge in [0.05, 0.1) is 0 Å². The van der Waals surface area contributed by atoms with Crippen LogP contribution in [0.3, 0.4) is 0 Å². The molecule has 2 unspecified atom stereocenters. The van der Waals surface area contributed by atoms with E-state index in [1.54, 1.807) is 7.05 Å². The van der Waals surface area contributed by atoms with Gasteiger partial charge < -0.3 is 5.11 Å². The first-order valence-electron chi connectivity index (χ1n) is 10.3. The average molecular weight is 331 g/mol. The Kier molecular flexibility index (Phi) is 15.3. The third-order valence-corrected chi connectivity index (χ3v) is 5.10. The van der Waals surface area contributed by atoms with Crippen molar-refractivity contribution in [1.82, 2.24) is 0 Å². The Labute approximate surface area is 145 Å². The summed E-state index contributed by atoms with van der Waals surface area (Å²) in [4.78, 5) is 0. The Hall–Kier alpha value is -0.120. The first kappa shape index (κ1) is 22.9. The summed E-state index contributed by atoms with van der Waals surface area (Å²) in [7, 11) is 1.68. The van der Waals surface area contributed by atoms with Gasteiger partial charge in [-0.2, -0.15) is 4.65 Å². The van der Waals surface area contributed by atoms with Crippen LogP contribution in [0.15, 0.2) is 0 Å². The molecule has 3 heteroatoms. The molecule has 0 aliphatic rings. The smallest absolute Gasteiger partial charge is 0.220 e. The predicted octanol–water partition coefficient (Wildman–Crippen LogP) is 6.03. The molecule has 0 aromatic rings. The standard InChI is InChI=1S/C20H44NO2/c1-4-6-7-8-9-10-11-12-13-14-15-16-17-18-19-20(22)21(3,23)5-2/h20,22-23H,4-19H2,1-3H3/q+1. The van der Waals surface area contributed by atoms with Crippen LogP contribution in [-0.4, -0.2) is 34.8 Å². The fourth-order valence-corrected chi connectivity index (χ4v) is 3.01. The largest absolute Gasteiger partial charge is 0.343 e. The topological polar surface area (TPSA) is 40.5 Å². The van der Waals surface area contributed by atoms with Gasteiger partial charge in [0.25, 0.3) is 0 Å². The van der Waals surface area contributed by atoms with E-state index in [2.05, 4.69) is 6.92 Å². The van der Waals surface area contributed by atoms with Crippen molar-refractivity contribution in [1.29, 1.82) is 0 Å². The molecule has 2 N–H and O–H groups in total. The molecular weight excluding hydrogens is 286 g/mol. The van der Waals surface area contributed by atoms with Gasteiger partial charge in [-0.3, -0.25) is 0 Å². The van der Waals surface area contributed by atoms with Gasteiger partial charge >= 0.3 is 0 Å². The molecule has 3 nitrogen and oxygen atoms in total. The number of aliphatic hydroxyl groups is 1. The van der Waals surface area contributed by atoms with E-state index in [1.165, 1.54) is 83.5 Å². The van der Waals surface area contributed by atoms with Gasteiger partial charge in [0.15, 0.2) is 0 Å². The second-order valence-electron chi connectivity index (χ2n) is 7.40. The lowest BCUT2D eigenvalue weighted by molar-refractivity contribution is -1.12. The minimum Gasteiger partial charge on any atom is -0.343 e. The Morgan fingerprint density at radius 2 is 1.00 bits per heavy atom. The fraction of sp³-hybridized carbons (Fsp3) is 1.00. The van der Waals surface area contributed by atoms with Crippen LogP contribution in [0.1, 0.15) is 110 Å². The normalized spacial score (nSPS) is 15.5. The third-order valence-electron chi connectivity index (χ3n) is 5.10. The van der Waals surface area contributed by atoms with E-state index in [-0.39, 0.29) is 4.65 Å². The maximum absolute atomic E-state index is 9.89. The summed E-state index contributed by atoms with van der Waals surface area (Å²) < 4.78 is -0.265. The molecule has 0 spiro atoms. The Bertz CT molecular complexity index is 244. The SMILES string of the molecule is CCCCCCCCCCCCCCCCC(O)[N+](C)(O)CC. The predicted molar refractivity (Wildman–Crippen MR) is 99.4 cm³/mol. The highest BCUT2D eigenvalue weighted by Gasteiger charge is 2.26. The zero-order chi connectivity index (χ0) is 17.4. The Morgan fingerprint density at radius 1 is 0.652 bits per heavy atom. The van der Waals surface area contributed by atoms with Crippen molar-refractivity contribution in [2.75, 3.05) is 13.6 Å². The molecule has 0 saturated carbocycles. The van der Waals surface area contributed by atoms with Crippen LogP contribution in [0.25, 0.3) is 0 Å². The number of unbranched alkanes of at least 4 members (excludes halogenated alkanes) is 13. The van der Waals surface area contributed by atoms with Crippen molar-refractivity contribution in [2.24, 2.45) is 0 Å². The highest BCUT2D eigenvalue weighted by atomic mass is 16.6. The molecule has 0 rings (SSSR count). The monoisotopic (exact) mass is 330 g/mol. The number of nitrogens with zero attached hydrogens (tertiary/aromatic N) is 1. The lowest BCUT2D eigenvalue weighted by atomic mass is 10.0. The molecule has 0 fully saturated rings. The lowest BCUT2D eigenvalue weighted by Crippen LogP contribution is -2.49. The van der Waals surface area contributed by atoms with Crippen LogP contribution in [0, 0.1) is 0 Å². The maximum atomic E-state index is 9.89. The second kappa shape index (κ2) is 15.4. The van der Waals surface area contributed by atoms with Gasteiger partial charge in [0.2, 0.25) is 6.23 Å². The quantitative estimate of drug-likeness (QED) is 0.148. The minimum atomic E-state index is -0.627. The molecule has 0 heterocycles. The van der Waals surface area contributed by atoms with Crippen LogP contribution >= 0.6 is 0 Å². The molecule has 2 atom stereocenters. The summed E-state index contributed by atoms with van der Waals surface area (Å²) in [6.07, 6.45) is 18.9. The van der Waals surface area contributed by atoms with Crippen LogP contribution < -0.4 is 0 Å². The number of hydrogen-bond donors (Lipinski definition) is 2. The average Bonchev–Trinajstić information content (AvgIpc) is 2.54. The van der Waals surface area contributed by atoms with E-state index in [1.807, 2.05) is 6.92 Å². The fourth-order valence-electron chi connectivity index (χ4n) is 3.01. The van der Waals surface area contributed by atoms with Gasteiger partial charge in [-0.1, -0.05) is 90.4 Å². The van der Waals surface area contributed by atoms with Gasteiger partial charge in [-0.15, -0.1) is 0 Å². The highest BCUT2D eigenvalue weighted by molar-refractivity contribution is 4.50. The minimum absolute atomic E-state index is 0.265. The second-order valence-corrected chi connectivity index (χ2v) is 7.40. The molecule has 0 amide bonds. The number of rotatable bonds is 17. The molecule has 140 valence electrons. The van der Waals surface area contributed by atoms with Gasteiger partial charge in [-0.25, -0.2) is 5.21 Å².